The molecule has 0 aliphatic carbocycles. The molecule has 0 spiro atoms. The van der Waals surface area contributed by atoms with Crippen molar-refractivity contribution in [3.8, 4) is 5.75 Å². The largest absolute Gasteiger partial charge is 0.496 e. The third-order valence-electron chi connectivity index (χ3n) is 3.94. The molecule has 1 heterocycles. The summed E-state index contributed by atoms with van der Waals surface area (Å²) in [6.07, 6.45) is 0. The molecule has 0 saturated carbocycles. The van der Waals surface area contributed by atoms with Crippen LogP contribution in [0.1, 0.15) is 12.5 Å². The van der Waals surface area contributed by atoms with Crippen LogP contribution >= 0.6 is 15.9 Å². The van der Waals surface area contributed by atoms with Crippen LogP contribution < -0.4 is 15.0 Å². The monoisotopic (exact) mass is 370 g/mol. The van der Waals surface area contributed by atoms with Crippen LogP contribution in [0.3, 0.4) is 0 Å². The van der Waals surface area contributed by atoms with Crippen LogP contribution in [-0.4, -0.2) is 50.1 Å². The van der Waals surface area contributed by atoms with Crippen LogP contribution in [0.2, 0.25) is 0 Å². The van der Waals surface area contributed by atoms with Gasteiger partial charge in [-0.2, -0.15) is 0 Å². The van der Waals surface area contributed by atoms with Gasteiger partial charge in [0.05, 0.1) is 14.2 Å². The van der Waals surface area contributed by atoms with Gasteiger partial charge in [0.1, 0.15) is 12.3 Å². The molecule has 2 N–H and O–H groups in total. The average molecular weight is 371 g/mol. The maximum Gasteiger partial charge on any atom is 0.324 e. The molecule has 1 fully saturated rings. The van der Waals surface area contributed by atoms with Gasteiger partial charge in [0.2, 0.25) is 0 Å². The van der Waals surface area contributed by atoms with Gasteiger partial charge in [0.25, 0.3) is 5.91 Å². The minimum atomic E-state index is -0.312. The van der Waals surface area contributed by atoms with Gasteiger partial charge >= 0.3 is 6.03 Å². The summed E-state index contributed by atoms with van der Waals surface area (Å²) < 4.78 is 6.33. The van der Waals surface area contributed by atoms with Crippen molar-refractivity contribution in [2.24, 2.45) is 0 Å². The van der Waals surface area contributed by atoms with E-state index in [-0.39, 0.29) is 18.0 Å². The van der Waals surface area contributed by atoms with E-state index in [2.05, 4.69) is 21.2 Å². The van der Waals surface area contributed by atoms with Crippen molar-refractivity contribution in [3.63, 3.8) is 0 Å². The van der Waals surface area contributed by atoms with Crippen LogP contribution in [0.15, 0.2) is 22.7 Å². The highest BCUT2D eigenvalue weighted by Gasteiger charge is 2.33. The van der Waals surface area contributed by atoms with Gasteiger partial charge in [-0.3, -0.25) is 9.69 Å². The highest BCUT2D eigenvalue weighted by Crippen LogP contribution is 2.22. The van der Waals surface area contributed by atoms with E-state index in [0.717, 1.165) is 20.7 Å². The number of nitrogens with zero attached hydrogens (tertiary/aromatic N) is 1. The molecule has 2 atom stereocenters. The zero-order valence-electron chi connectivity index (χ0n) is 13.0. The number of nitrogens with one attached hydrogen (secondary N) is 2. The number of hydrogen-bond donors (Lipinski definition) is 2. The standard InChI is InChI=1S/C15H20BrN3O3/c1-10(14(20)19-7-6-17-15(19)21)18(2)9-11-8-12(16)4-5-13(11)22-3/h4-5,8,10H,6-7,9H2,1-3H3,(H,17,21)/p+1/t10-/m0/s1. The number of quaternary nitrogens is 1. The molecule has 7 heteroatoms. The van der Waals surface area contributed by atoms with Crippen molar-refractivity contribution in [1.29, 1.82) is 0 Å². The topological polar surface area (TPSA) is 63.1 Å². The molecule has 0 bridgehead atoms. The number of rotatable bonds is 5. The van der Waals surface area contributed by atoms with Crippen molar-refractivity contribution < 1.29 is 19.2 Å². The maximum atomic E-state index is 12.4. The Morgan fingerprint density at radius 1 is 1.55 bits per heavy atom. The van der Waals surface area contributed by atoms with Gasteiger partial charge < -0.3 is 15.0 Å². The minimum absolute atomic E-state index is 0.151. The highest BCUT2D eigenvalue weighted by atomic mass is 79.9. The lowest BCUT2D eigenvalue weighted by Gasteiger charge is -2.24. The smallest absolute Gasteiger partial charge is 0.324 e. The molecular weight excluding hydrogens is 350 g/mol. The molecule has 22 heavy (non-hydrogen) atoms. The van der Waals surface area contributed by atoms with Gasteiger partial charge in [-0.1, -0.05) is 15.9 Å². The van der Waals surface area contributed by atoms with Crippen LogP contribution in [0.5, 0.6) is 5.75 Å². The quantitative estimate of drug-likeness (QED) is 0.789. The summed E-state index contributed by atoms with van der Waals surface area (Å²) in [7, 11) is 3.57. The molecule has 1 unspecified atom stereocenters. The maximum absolute atomic E-state index is 12.4. The highest BCUT2D eigenvalue weighted by molar-refractivity contribution is 9.10. The lowest BCUT2D eigenvalue weighted by atomic mass is 10.1. The van der Waals surface area contributed by atoms with Crippen LogP contribution in [-0.2, 0) is 11.3 Å². The molecule has 1 aliphatic rings. The number of hydrogen-bond acceptors (Lipinski definition) is 3. The number of halogens is 1. The third kappa shape index (κ3) is 3.59. The number of methoxy groups -OCH3 is 1. The predicted molar refractivity (Wildman–Crippen MR) is 85.9 cm³/mol. The SMILES string of the molecule is COc1ccc(Br)cc1C[NH+](C)[C@@H](C)C(=O)N1CCNC1=O. The van der Waals surface area contributed by atoms with E-state index >= 15 is 0 Å². The van der Waals surface area contributed by atoms with E-state index in [9.17, 15) is 9.59 Å². The van der Waals surface area contributed by atoms with Crippen LogP contribution in [0, 0.1) is 0 Å². The fourth-order valence-corrected chi connectivity index (χ4v) is 2.87. The lowest BCUT2D eigenvalue weighted by molar-refractivity contribution is -0.908. The summed E-state index contributed by atoms with van der Waals surface area (Å²) in [6, 6.07) is 5.19. The van der Waals surface area contributed by atoms with Gasteiger partial charge in [0.15, 0.2) is 6.04 Å². The molecule has 0 radical (unpaired) electrons. The van der Waals surface area contributed by atoms with E-state index in [4.69, 9.17) is 4.74 Å². The molecule has 3 amide bonds. The van der Waals surface area contributed by atoms with Crippen molar-refractivity contribution >= 4 is 27.9 Å². The Hall–Kier alpha value is -1.60. The Kier molecular flexibility index (Phi) is 5.42. The normalized spacial score (nSPS) is 17.1. The second-order valence-electron chi connectivity index (χ2n) is 5.42. The Bertz CT molecular complexity index is 579. The molecule has 120 valence electrons. The minimum Gasteiger partial charge on any atom is -0.496 e. The molecule has 1 aromatic carbocycles. The molecule has 1 saturated heterocycles. The van der Waals surface area contributed by atoms with E-state index in [1.807, 2.05) is 32.2 Å². The first-order chi connectivity index (χ1) is 10.4. The van der Waals surface area contributed by atoms with E-state index < -0.39 is 0 Å². The Morgan fingerprint density at radius 2 is 2.27 bits per heavy atom. The molecular formula is C15H21BrN3O3+. The van der Waals surface area contributed by atoms with Gasteiger partial charge in [0, 0.05) is 23.1 Å². The van der Waals surface area contributed by atoms with E-state index in [1.165, 1.54) is 4.90 Å². The second kappa shape index (κ2) is 7.11. The predicted octanol–water partition coefficient (Wildman–Crippen LogP) is 0.413. The van der Waals surface area contributed by atoms with Crippen molar-refractivity contribution in [2.75, 3.05) is 27.2 Å². The summed E-state index contributed by atoms with van der Waals surface area (Å²) in [5.74, 6) is 0.641. The van der Waals surface area contributed by atoms with Gasteiger partial charge in [-0.05, 0) is 25.1 Å². The van der Waals surface area contributed by atoms with Crippen LogP contribution in [0.4, 0.5) is 4.79 Å². The van der Waals surface area contributed by atoms with Crippen molar-refractivity contribution in [3.05, 3.63) is 28.2 Å². The summed E-state index contributed by atoms with van der Waals surface area (Å²) in [6.45, 7) is 3.43. The fraction of sp³-hybridized carbons (Fsp3) is 0.467. The number of likely N-dealkylation sites (N-methyl/N-ethyl adjacent to an activating group) is 1. The Labute approximate surface area is 138 Å². The Morgan fingerprint density at radius 3 is 2.86 bits per heavy atom. The van der Waals surface area contributed by atoms with Gasteiger partial charge in [-0.25, -0.2) is 4.79 Å². The third-order valence-corrected chi connectivity index (χ3v) is 4.44. The number of imide groups is 1. The van der Waals surface area contributed by atoms with Gasteiger partial charge in [-0.15, -0.1) is 0 Å². The number of carbonyl (C=O) groups is 2. The average Bonchev–Trinajstić information content (AvgIpc) is 2.92. The summed E-state index contributed by atoms with van der Waals surface area (Å²) in [4.78, 5) is 26.3. The summed E-state index contributed by atoms with van der Waals surface area (Å²) >= 11 is 3.45. The zero-order chi connectivity index (χ0) is 16.3. The second-order valence-corrected chi connectivity index (χ2v) is 6.34. The zero-order valence-corrected chi connectivity index (χ0v) is 14.6. The molecule has 1 aromatic rings. The molecule has 2 rings (SSSR count). The summed E-state index contributed by atoms with van der Waals surface area (Å²) in [5, 5.41) is 2.65. The number of urea groups is 1. The number of amides is 3. The Balaban J connectivity index is 2.08. The molecule has 0 aromatic heterocycles. The first-order valence-electron chi connectivity index (χ1n) is 7.18. The van der Waals surface area contributed by atoms with Crippen LogP contribution in [0.25, 0.3) is 0 Å². The van der Waals surface area contributed by atoms with E-state index in [1.54, 1.807) is 7.11 Å². The molecule has 1 aliphatic heterocycles. The number of benzene rings is 1. The molecule has 6 nitrogen and oxygen atoms in total. The fourth-order valence-electron chi connectivity index (χ4n) is 2.47. The van der Waals surface area contributed by atoms with Crippen molar-refractivity contribution in [2.45, 2.75) is 19.5 Å². The van der Waals surface area contributed by atoms with Crippen molar-refractivity contribution in [1.82, 2.24) is 10.2 Å². The first-order valence-corrected chi connectivity index (χ1v) is 7.97. The van der Waals surface area contributed by atoms with E-state index in [0.29, 0.717) is 19.6 Å². The number of carbonyl (C=O) groups excluding carboxylic acids is 2. The number of ether oxygens (including phenoxy) is 1. The summed E-state index contributed by atoms with van der Waals surface area (Å²) in [5.41, 5.74) is 1.01. The first kappa shape index (κ1) is 16.8. The lowest BCUT2D eigenvalue weighted by Crippen LogP contribution is -3.12.